The van der Waals surface area contributed by atoms with Gasteiger partial charge in [0, 0.05) is 5.69 Å². The molecule has 1 amide bonds. The molecule has 0 aliphatic rings. The largest absolute Gasteiger partial charge is 0.324 e. The normalized spacial score (nSPS) is 12.5. The second-order valence-corrected chi connectivity index (χ2v) is 8.47. The zero-order chi connectivity index (χ0) is 19.6. The van der Waals surface area contributed by atoms with E-state index in [-0.39, 0.29) is 10.7 Å². The second-order valence-electron chi connectivity index (χ2n) is 6.20. The van der Waals surface area contributed by atoms with Crippen LogP contribution in [0.2, 0.25) is 5.02 Å². The van der Waals surface area contributed by atoms with E-state index in [4.69, 9.17) is 11.6 Å². The molecule has 0 aliphatic heterocycles. The number of hydrogen-bond acceptors (Lipinski definition) is 3. The van der Waals surface area contributed by atoms with Crippen LogP contribution in [-0.2, 0) is 14.8 Å². The Labute approximate surface area is 157 Å². The van der Waals surface area contributed by atoms with Crippen LogP contribution in [0.3, 0.4) is 0 Å². The van der Waals surface area contributed by atoms with Crippen molar-refractivity contribution in [3.63, 3.8) is 0 Å². The Hall–Kier alpha value is -2.12. The SMILES string of the molecule is Cc1cc(C)cc(N(C(C)C(=O)Nc2ccc(F)c(Cl)c2)S(C)(=O)=O)c1. The molecule has 0 radical (unpaired) electrons. The van der Waals surface area contributed by atoms with Crippen LogP contribution in [-0.4, -0.2) is 26.6 Å². The molecule has 0 heterocycles. The molecule has 5 nitrogen and oxygen atoms in total. The van der Waals surface area contributed by atoms with Gasteiger partial charge in [0.05, 0.1) is 17.0 Å². The summed E-state index contributed by atoms with van der Waals surface area (Å²) in [5.74, 6) is -1.16. The van der Waals surface area contributed by atoms with Crippen LogP contribution >= 0.6 is 11.6 Å². The van der Waals surface area contributed by atoms with Gasteiger partial charge in [0.2, 0.25) is 15.9 Å². The van der Waals surface area contributed by atoms with Crippen molar-refractivity contribution in [2.75, 3.05) is 15.9 Å². The zero-order valence-corrected chi connectivity index (χ0v) is 16.5. The van der Waals surface area contributed by atoms with Crippen molar-refractivity contribution >= 4 is 38.9 Å². The van der Waals surface area contributed by atoms with Gasteiger partial charge in [0.15, 0.2) is 0 Å². The lowest BCUT2D eigenvalue weighted by atomic mass is 10.1. The van der Waals surface area contributed by atoms with Crippen molar-refractivity contribution < 1.29 is 17.6 Å². The molecule has 140 valence electrons. The summed E-state index contributed by atoms with van der Waals surface area (Å²) in [5, 5.41) is 2.43. The van der Waals surface area contributed by atoms with E-state index in [0.29, 0.717) is 5.69 Å². The summed E-state index contributed by atoms with van der Waals surface area (Å²) in [5.41, 5.74) is 2.45. The van der Waals surface area contributed by atoms with Crippen LogP contribution < -0.4 is 9.62 Å². The zero-order valence-electron chi connectivity index (χ0n) is 14.9. The molecular weight excluding hydrogens is 379 g/mol. The number of carbonyl (C=O) groups excluding carboxylic acids is 1. The first kappa shape index (κ1) is 20.2. The van der Waals surface area contributed by atoms with E-state index < -0.39 is 27.8 Å². The number of halogens is 2. The molecule has 0 saturated heterocycles. The first-order valence-electron chi connectivity index (χ1n) is 7.82. The van der Waals surface area contributed by atoms with Gasteiger partial charge in [-0.05, 0) is 62.2 Å². The Morgan fingerprint density at radius 3 is 2.23 bits per heavy atom. The number of benzene rings is 2. The predicted molar refractivity (Wildman–Crippen MR) is 103 cm³/mol. The highest BCUT2D eigenvalue weighted by molar-refractivity contribution is 7.92. The van der Waals surface area contributed by atoms with Gasteiger partial charge in [-0.1, -0.05) is 17.7 Å². The number of amides is 1. The van der Waals surface area contributed by atoms with Crippen LogP contribution in [0.25, 0.3) is 0 Å². The number of nitrogens with one attached hydrogen (secondary N) is 1. The number of carbonyl (C=O) groups is 1. The fourth-order valence-corrected chi connectivity index (χ4v) is 4.05. The first-order chi connectivity index (χ1) is 12.0. The number of rotatable bonds is 5. The summed E-state index contributed by atoms with van der Waals surface area (Å²) < 4.78 is 39.0. The van der Waals surface area contributed by atoms with E-state index in [2.05, 4.69) is 5.32 Å². The number of aryl methyl sites for hydroxylation is 2. The van der Waals surface area contributed by atoms with Crippen LogP contribution in [0, 0.1) is 19.7 Å². The van der Waals surface area contributed by atoms with E-state index in [9.17, 15) is 17.6 Å². The van der Waals surface area contributed by atoms with Gasteiger partial charge >= 0.3 is 0 Å². The van der Waals surface area contributed by atoms with E-state index in [1.54, 1.807) is 12.1 Å². The number of anilines is 2. The standard InChI is InChI=1S/C18H20ClFN2O3S/c1-11-7-12(2)9-15(8-11)22(26(4,24)25)13(3)18(23)21-14-5-6-17(20)16(19)10-14/h5-10,13H,1-4H3,(H,21,23). The summed E-state index contributed by atoms with van der Waals surface area (Å²) in [6.07, 6.45) is 1.04. The van der Waals surface area contributed by atoms with Crippen molar-refractivity contribution in [3.05, 3.63) is 58.4 Å². The molecule has 0 spiro atoms. The molecule has 0 saturated carbocycles. The summed E-state index contributed by atoms with van der Waals surface area (Å²) in [4.78, 5) is 12.6. The number of sulfonamides is 1. The van der Waals surface area contributed by atoms with E-state index in [1.807, 2.05) is 19.9 Å². The Kier molecular flexibility index (Phi) is 5.93. The van der Waals surface area contributed by atoms with Crippen molar-refractivity contribution in [2.24, 2.45) is 0 Å². The minimum absolute atomic E-state index is 0.135. The van der Waals surface area contributed by atoms with Crippen molar-refractivity contribution in [3.8, 4) is 0 Å². The fourth-order valence-electron chi connectivity index (χ4n) is 2.71. The Morgan fingerprint density at radius 2 is 1.73 bits per heavy atom. The van der Waals surface area contributed by atoms with Gasteiger partial charge in [-0.15, -0.1) is 0 Å². The molecule has 2 aromatic carbocycles. The monoisotopic (exact) mass is 398 g/mol. The summed E-state index contributed by atoms with van der Waals surface area (Å²) >= 11 is 5.71. The van der Waals surface area contributed by atoms with Gasteiger partial charge < -0.3 is 5.32 Å². The molecule has 2 aromatic rings. The molecular formula is C18H20ClFN2O3S. The van der Waals surface area contributed by atoms with Crippen LogP contribution in [0.5, 0.6) is 0 Å². The minimum Gasteiger partial charge on any atom is -0.324 e. The van der Waals surface area contributed by atoms with Crippen LogP contribution in [0.4, 0.5) is 15.8 Å². The van der Waals surface area contributed by atoms with Gasteiger partial charge in [0.1, 0.15) is 11.9 Å². The average molecular weight is 399 g/mol. The maximum atomic E-state index is 13.2. The van der Waals surface area contributed by atoms with Crippen molar-refractivity contribution in [1.82, 2.24) is 0 Å². The summed E-state index contributed by atoms with van der Waals surface area (Å²) in [6.45, 7) is 5.18. The lowest BCUT2D eigenvalue weighted by molar-refractivity contribution is -0.116. The second kappa shape index (κ2) is 7.63. The van der Waals surface area contributed by atoms with Crippen LogP contribution in [0.1, 0.15) is 18.1 Å². The lowest BCUT2D eigenvalue weighted by Crippen LogP contribution is -2.45. The highest BCUT2D eigenvalue weighted by Gasteiger charge is 2.29. The summed E-state index contributed by atoms with van der Waals surface area (Å²) in [6, 6.07) is 8.04. The molecule has 8 heteroatoms. The third-order valence-corrected chi connectivity index (χ3v) is 5.27. The third kappa shape index (κ3) is 4.74. The first-order valence-corrected chi connectivity index (χ1v) is 10.1. The maximum Gasteiger partial charge on any atom is 0.247 e. The number of nitrogens with zero attached hydrogens (tertiary/aromatic N) is 1. The predicted octanol–water partition coefficient (Wildman–Crippen LogP) is 3.89. The molecule has 1 atom stereocenters. The highest BCUT2D eigenvalue weighted by atomic mass is 35.5. The molecule has 0 aromatic heterocycles. The quantitative estimate of drug-likeness (QED) is 0.830. The molecule has 0 fully saturated rings. The molecule has 1 unspecified atom stereocenters. The van der Waals surface area contributed by atoms with Gasteiger partial charge in [-0.2, -0.15) is 0 Å². The molecule has 26 heavy (non-hydrogen) atoms. The average Bonchev–Trinajstić information content (AvgIpc) is 2.48. The van der Waals surface area contributed by atoms with Gasteiger partial charge in [-0.25, -0.2) is 12.8 Å². The van der Waals surface area contributed by atoms with Crippen LogP contribution in [0.15, 0.2) is 36.4 Å². The van der Waals surface area contributed by atoms with Gasteiger partial charge in [0.25, 0.3) is 0 Å². The smallest absolute Gasteiger partial charge is 0.247 e. The van der Waals surface area contributed by atoms with Crippen molar-refractivity contribution in [2.45, 2.75) is 26.8 Å². The molecule has 0 aliphatic carbocycles. The van der Waals surface area contributed by atoms with E-state index in [0.717, 1.165) is 27.8 Å². The minimum atomic E-state index is -3.72. The van der Waals surface area contributed by atoms with Crippen molar-refractivity contribution in [1.29, 1.82) is 0 Å². The van der Waals surface area contributed by atoms with E-state index in [1.165, 1.54) is 19.1 Å². The highest BCUT2D eigenvalue weighted by Crippen LogP contribution is 2.25. The lowest BCUT2D eigenvalue weighted by Gasteiger charge is -2.28. The third-order valence-electron chi connectivity index (χ3n) is 3.74. The fraction of sp³-hybridized carbons (Fsp3) is 0.278. The summed E-state index contributed by atoms with van der Waals surface area (Å²) in [7, 11) is -3.72. The Bertz CT molecular complexity index is 927. The molecule has 2 rings (SSSR count). The molecule has 0 bridgehead atoms. The maximum absolute atomic E-state index is 13.2. The Morgan fingerprint density at radius 1 is 1.15 bits per heavy atom. The molecule has 1 N–H and O–H groups in total. The Balaban J connectivity index is 2.35. The number of hydrogen-bond donors (Lipinski definition) is 1. The van der Waals surface area contributed by atoms with E-state index >= 15 is 0 Å². The topological polar surface area (TPSA) is 66.5 Å². The van der Waals surface area contributed by atoms with Gasteiger partial charge in [-0.3, -0.25) is 9.10 Å².